The number of aliphatic hydroxyl groups excluding tert-OH is 2. The number of esters is 2. The van der Waals surface area contributed by atoms with E-state index in [4.69, 9.17) is 23.6 Å². The number of hydrogen-bond donors (Lipinski definition) is 3. The van der Waals surface area contributed by atoms with E-state index in [2.05, 4.69) is 26.0 Å². The van der Waals surface area contributed by atoms with Crippen LogP contribution in [0.15, 0.2) is 12.2 Å². The SMILES string of the molecule is CCCCCCCCCC/C=C\CCCCCCCCCCCCCC(=O)OC(COC(=O)CCCCCCCCCCCC)COP(=O)(O)OCC(O)CO. The van der Waals surface area contributed by atoms with Gasteiger partial charge in [0.05, 0.1) is 19.8 Å². The minimum Gasteiger partial charge on any atom is -0.462 e. The van der Waals surface area contributed by atoms with Gasteiger partial charge >= 0.3 is 19.8 Å². The first-order chi connectivity index (χ1) is 27.2. The smallest absolute Gasteiger partial charge is 0.462 e. The molecule has 0 spiro atoms. The first-order valence-electron chi connectivity index (χ1n) is 23.1. The molecule has 3 unspecified atom stereocenters. The molecular formula is C45H87O10P. The maximum Gasteiger partial charge on any atom is 0.472 e. The number of carbonyl (C=O) groups excluding carboxylic acids is 2. The van der Waals surface area contributed by atoms with Crippen LogP contribution in [0.1, 0.15) is 226 Å². The highest BCUT2D eigenvalue weighted by atomic mass is 31.2. The molecule has 332 valence electrons. The maximum absolute atomic E-state index is 12.6. The van der Waals surface area contributed by atoms with Crippen molar-refractivity contribution in [1.29, 1.82) is 0 Å². The Bertz CT molecular complexity index is 946. The van der Waals surface area contributed by atoms with Gasteiger partial charge in [-0.15, -0.1) is 0 Å². The van der Waals surface area contributed by atoms with E-state index in [0.29, 0.717) is 12.8 Å². The third-order valence-corrected chi connectivity index (χ3v) is 11.1. The van der Waals surface area contributed by atoms with Gasteiger partial charge in [-0.1, -0.05) is 187 Å². The number of ether oxygens (including phenoxy) is 2. The number of rotatable bonds is 44. The molecule has 0 saturated heterocycles. The van der Waals surface area contributed by atoms with E-state index in [9.17, 15) is 24.2 Å². The van der Waals surface area contributed by atoms with Gasteiger partial charge in [-0.05, 0) is 38.5 Å². The molecule has 3 atom stereocenters. The van der Waals surface area contributed by atoms with Crippen LogP contribution in [0.4, 0.5) is 0 Å². The number of hydrogen-bond acceptors (Lipinski definition) is 9. The Kier molecular flexibility index (Phi) is 40.9. The number of allylic oxidation sites excluding steroid dienone is 2. The zero-order chi connectivity index (χ0) is 41.2. The molecule has 10 nitrogen and oxygen atoms in total. The second-order valence-electron chi connectivity index (χ2n) is 15.8. The highest BCUT2D eigenvalue weighted by Gasteiger charge is 2.27. The summed E-state index contributed by atoms with van der Waals surface area (Å²) in [6, 6.07) is 0. The highest BCUT2D eigenvalue weighted by molar-refractivity contribution is 7.47. The van der Waals surface area contributed by atoms with Gasteiger partial charge in [0.25, 0.3) is 0 Å². The Morgan fingerprint density at radius 1 is 0.518 bits per heavy atom. The lowest BCUT2D eigenvalue weighted by molar-refractivity contribution is -0.161. The molecule has 0 fully saturated rings. The van der Waals surface area contributed by atoms with E-state index >= 15 is 0 Å². The molecule has 3 N–H and O–H groups in total. The van der Waals surface area contributed by atoms with Gasteiger partial charge in [0.15, 0.2) is 6.10 Å². The van der Waals surface area contributed by atoms with Gasteiger partial charge in [0.2, 0.25) is 0 Å². The molecule has 0 radical (unpaired) electrons. The van der Waals surface area contributed by atoms with Crippen molar-refractivity contribution in [2.24, 2.45) is 0 Å². The molecule has 11 heteroatoms. The van der Waals surface area contributed by atoms with Gasteiger partial charge in [-0.25, -0.2) is 4.57 Å². The number of aliphatic hydroxyl groups is 2. The van der Waals surface area contributed by atoms with Gasteiger partial charge in [0.1, 0.15) is 12.7 Å². The summed E-state index contributed by atoms with van der Waals surface area (Å²) in [6.45, 7) is 2.39. The van der Waals surface area contributed by atoms with E-state index in [0.717, 1.165) is 38.5 Å². The van der Waals surface area contributed by atoms with Crippen LogP contribution < -0.4 is 0 Å². The Morgan fingerprint density at radius 3 is 1.29 bits per heavy atom. The second-order valence-corrected chi connectivity index (χ2v) is 17.2. The largest absolute Gasteiger partial charge is 0.472 e. The minimum absolute atomic E-state index is 0.188. The van der Waals surface area contributed by atoms with Crippen molar-refractivity contribution >= 4 is 19.8 Å². The summed E-state index contributed by atoms with van der Waals surface area (Å²) in [5, 5.41) is 18.3. The number of unbranched alkanes of at least 4 members (excludes halogenated alkanes) is 28. The molecule has 0 saturated carbocycles. The van der Waals surface area contributed by atoms with Crippen LogP contribution in [-0.2, 0) is 32.7 Å². The van der Waals surface area contributed by atoms with Crippen LogP contribution in [0, 0.1) is 0 Å². The summed E-state index contributed by atoms with van der Waals surface area (Å²) in [6.07, 6.45) is 40.5. The molecule has 0 bridgehead atoms. The zero-order valence-corrected chi connectivity index (χ0v) is 37.0. The lowest BCUT2D eigenvalue weighted by atomic mass is 10.0. The van der Waals surface area contributed by atoms with Crippen molar-refractivity contribution in [3.63, 3.8) is 0 Å². The van der Waals surface area contributed by atoms with E-state index in [1.807, 2.05) is 0 Å². The average Bonchev–Trinajstić information content (AvgIpc) is 3.19. The molecule has 0 aliphatic carbocycles. The third kappa shape index (κ3) is 40.9. The van der Waals surface area contributed by atoms with Crippen LogP contribution in [0.5, 0.6) is 0 Å². The summed E-state index contributed by atoms with van der Waals surface area (Å²) in [7, 11) is -4.61. The lowest BCUT2D eigenvalue weighted by Crippen LogP contribution is -2.29. The van der Waals surface area contributed by atoms with Crippen molar-refractivity contribution < 1.29 is 47.8 Å². The van der Waals surface area contributed by atoms with Crippen molar-refractivity contribution in [1.82, 2.24) is 0 Å². The van der Waals surface area contributed by atoms with Crippen molar-refractivity contribution in [2.75, 3.05) is 26.4 Å². The normalized spacial score (nSPS) is 13.9. The molecule has 56 heavy (non-hydrogen) atoms. The van der Waals surface area contributed by atoms with Crippen LogP contribution in [0.3, 0.4) is 0 Å². The standard InChI is InChI=1S/C45H87O10P/c1-3-5-7-9-11-13-15-16-17-18-19-20-21-22-23-24-25-26-27-29-31-33-35-37-45(49)55-43(41-54-56(50,51)53-39-42(47)38-46)40-52-44(48)36-34-32-30-28-14-12-10-8-6-4-2/h18-19,42-43,46-47H,3-17,20-41H2,1-2H3,(H,50,51)/b19-18-. The Hall–Kier alpha value is -1.29. The molecular weight excluding hydrogens is 731 g/mol. The van der Waals surface area contributed by atoms with E-state index in [1.165, 1.54) is 148 Å². The molecule has 0 amide bonds. The van der Waals surface area contributed by atoms with Crippen molar-refractivity contribution in [3.8, 4) is 0 Å². The van der Waals surface area contributed by atoms with Gasteiger partial charge in [-0.2, -0.15) is 0 Å². The summed E-state index contributed by atoms with van der Waals surface area (Å²) in [4.78, 5) is 34.9. The Balaban J connectivity index is 4.12. The third-order valence-electron chi connectivity index (χ3n) is 10.2. The van der Waals surface area contributed by atoms with Crippen LogP contribution >= 0.6 is 7.82 Å². The summed E-state index contributed by atoms with van der Waals surface area (Å²) in [5.41, 5.74) is 0. The Morgan fingerprint density at radius 2 is 0.875 bits per heavy atom. The fraction of sp³-hybridized carbons (Fsp3) is 0.911. The zero-order valence-electron chi connectivity index (χ0n) is 36.1. The summed E-state index contributed by atoms with van der Waals surface area (Å²) < 4.78 is 32.7. The summed E-state index contributed by atoms with van der Waals surface area (Å²) in [5.74, 6) is -0.917. The average molecular weight is 819 g/mol. The molecule has 0 aromatic carbocycles. The van der Waals surface area contributed by atoms with Crippen LogP contribution in [0.25, 0.3) is 0 Å². The van der Waals surface area contributed by atoms with E-state index < -0.39 is 51.8 Å². The lowest BCUT2D eigenvalue weighted by Gasteiger charge is -2.20. The first kappa shape index (κ1) is 54.7. The molecule has 0 aromatic rings. The van der Waals surface area contributed by atoms with Gasteiger partial charge in [0, 0.05) is 12.8 Å². The number of phosphoric ester groups is 1. The minimum atomic E-state index is -4.61. The van der Waals surface area contributed by atoms with Crippen LogP contribution in [-0.4, -0.2) is 65.7 Å². The molecule has 0 aromatic heterocycles. The monoisotopic (exact) mass is 819 g/mol. The fourth-order valence-corrected chi connectivity index (χ4v) is 7.37. The van der Waals surface area contributed by atoms with E-state index in [1.54, 1.807) is 0 Å². The molecule has 0 heterocycles. The molecule has 0 aliphatic rings. The maximum atomic E-state index is 12.6. The van der Waals surface area contributed by atoms with Crippen molar-refractivity contribution in [3.05, 3.63) is 12.2 Å². The second kappa shape index (κ2) is 41.9. The molecule has 0 aliphatic heterocycles. The Labute approximate surface area is 343 Å². The summed E-state index contributed by atoms with van der Waals surface area (Å²) >= 11 is 0. The molecule has 0 rings (SSSR count). The predicted octanol–water partition coefficient (Wildman–Crippen LogP) is 12.4. The van der Waals surface area contributed by atoms with Crippen LogP contribution in [0.2, 0.25) is 0 Å². The fourth-order valence-electron chi connectivity index (χ4n) is 6.58. The highest BCUT2D eigenvalue weighted by Crippen LogP contribution is 2.43. The quantitative estimate of drug-likeness (QED) is 0.0235. The van der Waals surface area contributed by atoms with Gasteiger partial charge in [-0.3, -0.25) is 18.6 Å². The topological polar surface area (TPSA) is 149 Å². The predicted molar refractivity (Wildman–Crippen MR) is 229 cm³/mol. The van der Waals surface area contributed by atoms with Crippen molar-refractivity contribution in [2.45, 2.75) is 238 Å². The van der Waals surface area contributed by atoms with Gasteiger partial charge < -0.3 is 24.6 Å². The van der Waals surface area contributed by atoms with E-state index in [-0.39, 0.29) is 19.4 Å². The number of carbonyl (C=O) groups is 2. The first-order valence-corrected chi connectivity index (χ1v) is 24.6. The number of phosphoric acid groups is 1.